The average molecular weight is 319 g/mol. The molecule has 2 N–H and O–H groups in total. The Morgan fingerprint density at radius 3 is 2.40 bits per heavy atom. The number of hydrogen-bond donors (Lipinski definition) is 2. The quantitative estimate of drug-likeness (QED) is 0.599. The molecule has 7 heteroatoms. The van der Waals surface area contributed by atoms with Crippen LogP contribution < -0.4 is 10.6 Å². The Bertz CT molecular complexity index is 460. The third-order valence-corrected chi connectivity index (χ3v) is 2.75. The van der Waals surface area contributed by atoms with Crippen molar-refractivity contribution >= 4 is 40.7 Å². The maximum Gasteiger partial charge on any atom is 0.233 e. The first-order chi connectivity index (χ1) is 9.51. The normalized spacial score (nSPS) is 10.2. The maximum atomic E-state index is 11.7. The van der Waals surface area contributed by atoms with Crippen molar-refractivity contribution in [3.63, 3.8) is 0 Å². The van der Waals surface area contributed by atoms with Gasteiger partial charge in [-0.2, -0.15) is 0 Å². The van der Waals surface area contributed by atoms with Gasteiger partial charge in [0.1, 0.15) is 6.42 Å². The molecular weight excluding hydrogens is 303 g/mol. The molecule has 0 aliphatic rings. The monoisotopic (exact) mass is 318 g/mol. The molecule has 1 aromatic rings. The lowest BCUT2D eigenvalue weighted by Gasteiger charge is -2.07. The first-order valence-electron chi connectivity index (χ1n) is 6.03. The van der Waals surface area contributed by atoms with E-state index in [9.17, 15) is 9.59 Å². The summed E-state index contributed by atoms with van der Waals surface area (Å²) in [6, 6.07) is 4.67. The molecule has 1 rings (SSSR count). The van der Waals surface area contributed by atoms with Crippen LogP contribution >= 0.6 is 23.2 Å². The summed E-state index contributed by atoms with van der Waals surface area (Å²) < 4.78 is 4.85. The number of methoxy groups -OCH3 is 1. The Morgan fingerprint density at radius 1 is 1.15 bits per heavy atom. The number of rotatable bonds is 7. The Balaban J connectivity index is 2.37. The first-order valence-corrected chi connectivity index (χ1v) is 6.78. The summed E-state index contributed by atoms with van der Waals surface area (Å²) in [5.41, 5.74) is 0.458. The lowest BCUT2D eigenvalue weighted by molar-refractivity contribution is -0.126. The van der Waals surface area contributed by atoms with Crippen LogP contribution in [-0.4, -0.2) is 32.1 Å². The Hall–Kier alpha value is -1.30. The molecule has 0 radical (unpaired) electrons. The molecule has 0 unspecified atom stereocenters. The van der Waals surface area contributed by atoms with Crippen molar-refractivity contribution in [3.8, 4) is 0 Å². The highest BCUT2D eigenvalue weighted by Crippen LogP contribution is 2.22. The summed E-state index contributed by atoms with van der Waals surface area (Å²) in [5, 5.41) is 6.02. The maximum absolute atomic E-state index is 11.7. The van der Waals surface area contributed by atoms with Crippen LogP contribution in [0.2, 0.25) is 10.0 Å². The fraction of sp³-hybridized carbons (Fsp3) is 0.385. The van der Waals surface area contributed by atoms with Crippen LogP contribution in [0.1, 0.15) is 12.8 Å². The lowest BCUT2D eigenvalue weighted by atomic mass is 10.3. The predicted octanol–water partition coefficient (Wildman–Crippen LogP) is 2.47. The Morgan fingerprint density at radius 2 is 1.80 bits per heavy atom. The van der Waals surface area contributed by atoms with Crippen molar-refractivity contribution in [1.82, 2.24) is 5.32 Å². The summed E-state index contributed by atoms with van der Waals surface area (Å²) in [6.45, 7) is 1.04. The van der Waals surface area contributed by atoms with Gasteiger partial charge in [-0.15, -0.1) is 0 Å². The summed E-state index contributed by atoms with van der Waals surface area (Å²) >= 11 is 11.6. The molecule has 2 amide bonds. The largest absolute Gasteiger partial charge is 0.385 e. The number of benzene rings is 1. The lowest BCUT2D eigenvalue weighted by Crippen LogP contribution is -2.29. The summed E-state index contributed by atoms with van der Waals surface area (Å²) in [7, 11) is 1.59. The van der Waals surface area contributed by atoms with Crippen molar-refractivity contribution in [2.24, 2.45) is 0 Å². The number of nitrogens with one attached hydrogen (secondary N) is 2. The van der Waals surface area contributed by atoms with Crippen LogP contribution in [0.5, 0.6) is 0 Å². The third-order valence-electron chi connectivity index (χ3n) is 2.31. The predicted molar refractivity (Wildman–Crippen MR) is 79.2 cm³/mol. The molecule has 0 atom stereocenters. The van der Waals surface area contributed by atoms with E-state index in [0.29, 0.717) is 35.3 Å². The zero-order valence-electron chi connectivity index (χ0n) is 11.0. The zero-order valence-corrected chi connectivity index (χ0v) is 12.6. The van der Waals surface area contributed by atoms with Gasteiger partial charge in [-0.1, -0.05) is 23.2 Å². The fourth-order valence-corrected chi connectivity index (χ4v) is 2.01. The van der Waals surface area contributed by atoms with Crippen LogP contribution in [0.4, 0.5) is 5.69 Å². The Labute approximate surface area is 127 Å². The number of carbonyl (C=O) groups excluding carboxylic acids is 2. The molecule has 0 fully saturated rings. The SMILES string of the molecule is COCCCNC(=O)CC(=O)Nc1cc(Cl)cc(Cl)c1. The van der Waals surface area contributed by atoms with E-state index in [-0.39, 0.29) is 12.3 Å². The minimum atomic E-state index is -0.424. The molecule has 1 aromatic carbocycles. The summed E-state index contributed by atoms with van der Waals surface area (Å²) in [4.78, 5) is 23.1. The number of amides is 2. The summed E-state index contributed by atoms with van der Waals surface area (Å²) in [5.74, 6) is -0.765. The van der Waals surface area contributed by atoms with Crippen molar-refractivity contribution in [2.75, 3.05) is 25.6 Å². The van der Waals surface area contributed by atoms with Crippen molar-refractivity contribution in [3.05, 3.63) is 28.2 Å². The smallest absolute Gasteiger partial charge is 0.233 e. The minimum Gasteiger partial charge on any atom is -0.385 e. The van der Waals surface area contributed by atoms with Gasteiger partial charge in [-0.05, 0) is 24.6 Å². The number of halogens is 2. The molecule has 0 aliphatic carbocycles. The van der Waals surface area contributed by atoms with Gasteiger partial charge in [0.2, 0.25) is 11.8 Å². The van der Waals surface area contributed by atoms with E-state index in [1.165, 1.54) is 0 Å². The van der Waals surface area contributed by atoms with Crippen molar-refractivity contribution < 1.29 is 14.3 Å². The number of carbonyl (C=O) groups is 2. The molecule has 0 saturated carbocycles. The molecule has 20 heavy (non-hydrogen) atoms. The second-order valence-corrected chi connectivity index (χ2v) is 4.95. The number of anilines is 1. The molecule has 0 aliphatic heterocycles. The number of hydrogen-bond acceptors (Lipinski definition) is 3. The van der Waals surface area contributed by atoms with Crippen LogP contribution in [0.3, 0.4) is 0 Å². The highest BCUT2D eigenvalue weighted by molar-refractivity contribution is 6.35. The fourth-order valence-electron chi connectivity index (χ4n) is 1.48. The van der Waals surface area contributed by atoms with E-state index < -0.39 is 5.91 Å². The van der Waals surface area contributed by atoms with E-state index in [2.05, 4.69) is 10.6 Å². The summed E-state index contributed by atoms with van der Waals surface area (Å²) in [6.07, 6.45) is 0.449. The molecule has 0 saturated heterocycles. The van der Waals surface area contributed by atoms with E-state index in [0.717, 1.165) is 0 Å². The highest BCUT2D eigenvalue weighted by Gasteiger charge is 2.09. The van der Waals surface area contributed by atoms with Crippen LogP contribution in [-0.2, 0) is 14.3 Å². The second-order valence-electron chi connectivity index (χ2n) is 4.08. The standard InChI is InChI=1S/C13H16Cl2N2O3/c1-20-4-2-3-16-12(18)8-13(19)17-11-6-9(14)5-10(15)7-11/h5-7H,2-4,8H2,1H3,(H,16,18)(H,17,19). The van der Waals surface area contributed by atoms with Crippen molar-refractivity contribution in [1.29, 1.82) is 0 Å². The van der Waals surface area contributed by atoms with Gasteiger partial charge in [-0.25, -0.2) is 0 Å². The van der Waals surface area contributed by atoms with E-state index in [1.54, 1.807) is 25.3 Å². The minimum absolute atomic E-state index is 0.253. The van der Waals surface area contributed by atoms with E-state index >= 15 is 0 Å². The molecule has 0 aromatic heterocycles. The van der Waals surface area contributed by atoms with Gasteiger partial charge >= 0.3 is 0 Å². The van der Waals surface area contributed by atoms with Crippen LogP contribution in [0, 0.1) is 0 Å². The Kier molecular flexibility index (Phi) is 7.36. The molecule has 0 bridgehead atoms. The molecule has 0 heterocycles. The molecular formula is C13H16Cl2N2O3. The van der Waals surface area contributed by atoms with Crippen LogP contribution in [0.15, 0.2) is 18.2 Å². The average Bonchev–Trinajstić information content (AvgIpc) is 2.33. The first kappa shape index (κ1) is 16.8. The highest BCUT2D eigenvalue weighted by atomic mass is 35.5. The van der Waals surface area contributed by atoms with E-state index in [1.807, 2.05) is 0 Å². The van der Waals surface area contributed by atoms with Gasteiger partial charge in [0, 0.05) is 36.0 Å². The van der Waals surface area contributed by atoms with Gasteiger partial charge in [0.15, 0.2) is 0 Å². The topological polar surface area (TPSA) is 67.4 Å². The zero-order chi connectivity index (χ0) is 15.0. The van der Waals surface area contributed by atoms with Gasteiger partial charge in [-0.3, -0.25) is 9.59 Å². The van der Waals surface area contributed by atoms with E-state index in [4.69, 9.17) is 27.9 Å². The van der Waals surface area contributed by atoms with Crippen molar-refractivity contribution in [2.45, 2.75) is 12.8 Å². The van der Waals surface area contributed by atoms with Gasteiger partial charge < -0.3 is 15.4 Å². The molecule has 0 spiro atoms. The van der Waals surface area contributed by atoms with Crippen LogP contribution in [0.25, 0.3) is 0 Å². The third kappa shape index (κ3) is 6.75. The van der Waals surface area contributed by atoms with Gasteiger partial charge in [0.05, 0.1) is 0 Å². The molecule has 110 valence electrons. The molecule has 5 nitrogen and oxygen atoms in total. The van der Waals surface area contributed by atoms with Gasteiger partial charge in [0.25, 0.3) is 0 Å². The number of ether oxygens (including phenoxy) is 1. The second kappa shape index (κ2) is 8.79.